The van der Waals surface area contributed by atoms with Gasteiger partial charge in [0, 0.05) is 31.4 Å². The Balaban J connectivity index is 1.89. The second kappa shape index (κ2) is 5.97. The lowest BCUT2D eigenvalue weighted by Gasteiger charge is -2.11. The van der Waals surface area contributed by atoms with E-state index in [0.29, 0.717) is 18.4 Å². The standard InChI is InChI=1S/C13H20N4O2/c1-9(12(18)19)5-14-13-15-6-11(7-16-13)10-3-4-17(2)8-10/h6-7,9-10H,3-5,8H2,1-2H3,(H,18,19)(H,14,15,16). The molecule has 0 radical (unpaired) electrons. The maximum atomic E-state index is 10.7. The van der Waals surface area contributed by atoms with Crippen molar-refractivity contribution >= 4 is 11.9 Å². The van der Waals surface area contributed by atoms with Crippen LogP contribution in [0.2, 0.25) is 0 Å². The number of likely N-dealkylation sites (N-methyl/N-ethyl adjacent to an activating group) is 1. The Bertz CT molecular complexity index is 435. The van der Waals surface area contributed by atoms with Crippen molar-refractivity contribution in [2.24, 2.45) is 5.92 Å². The Morgan fingerprint density at radius 2 is 2.26 bits per heavy atom. The highest BCUT2D eigenvalue weighted by Gasteiger charge is 2.21. The molecule has 0 amide bonds. The smallest absolute Gasteiger partial charge is 0.308 e. The molecule has 1 saturated heterocycles. The summed E-state index contributed by atoms with van der Waals surface area (Å²) in [5, 5.41) is 11.7. The van der Waals surface area contributed by atoms with E-state index in [-0.39, 0.29) is 0 Å². The molecule has 1 aromatic rings. The first-order valence-electron chi connectivity index (χ1n) is 6.53. The second-order valence-electron chi connectivity index (χ2n) is 5.21. The van der Waals surface area contributed by atoms with Crippen LogP contribution in [0.5, 0.6) is 0 Å². The fraction of sp³-hybridized carbons (Fsp3) is 0.615. The molecule has 0 bridgehead atoms. The van der Waals surface area contributed by atoms with Crippen molar-refractivity contribution in [3.63, 3.8) is 0 Å². The molecule has 104 valence electrons. The number of nitrogens with one attached hydrogen (secondary N) is 1. The summed E-state index contributed by atoms with van der Waals surface area (Å²) in [5.41, 5.74) is 1.15. The van der Waals surface area contributed by atoms with Crippen LogP contribution in [0.4, 0.5) is 5.95 Å². The lowest BCUT2D eigenvalue weighted by atomic mass is 10.0. The van der Waals surface area contributed by atoms with Gasteiger partial charge in [0.1, 0.15) is 0 Å². The highest BCUT2D eigenvalue weighted by Crippen LogP contribution is 2.25. The summed E-state index contributed by atoms with van der Waals surface area (Å²) in [6, 6.07) is 0. The fourth-order valence-corrected chi connectivity index (χ4v) is 2.18. The van der Waals surface area contributed by atoms with Gasteiger partial charge in [0.15, 0.2) is 0 Å². The fourth-order valence-electron chi connectivity index (χ4n) is 2.18. The summed E-state index contributed by atoms with van der Waals surface area (Å²) in [6.45, 7) is 4.14. The molecule has 1 fully saturated rings. The molecule has 2 N–H and O–H groups in total. The van der Waals surface area contributed by atoms with Crippen molar-refractivity contribution in [2.45, 2.75) is 19.3 Å². The van der Waals surface area contributed by atoms with Gasteiger partial charge in [-0.2, -0.15) is 0 Å². The summed E-state index contributed by atoms with van der Waals surface area (Å²) in [5.74, 6) is -0.273. The minimum Gasteiger partial charge on any atom is -0.481 e. The summed E-state index contributed by atoms with van der Waals surface area (Å²) in [7, 11) is 2.12. The Morgan fingerprint density at radius 1 is 1.58 bits per heavy atom. The van der Waals surface area contributed by atoms with Gasteiger partial charge in [-0.1, -0.05) is 6.92 Å². The van der Waals surface area contributed by atoms with Crippen LogP contribution in [0, 0.1) is 5.92 Å². The van der Waals surface area contributed by atoms with E-state index in [4.69, 9.17) is 5.11 Å². The molecule has 1 aliphatic heterocycles. The molecule has 1 aromatic heterocycles. The van der Waals surface area contributed by atoms with E-state index in [1.807, 2.05) is 12.4 Å². The van der Waals surface area contributed by atoms with E-state index < -0.39 is 11.9 Å². The highest BCUT2D eigenvalue weighted by molar-refractivity contribution is 5.70. The SMILES string of the molecule is CC(CNc1ncc(C2CCN(C)C2)cn1)C(=O)O. The predicted molar refractivity (Wildman–Crippen MR) is 72.2 cm³/mol. The molecular formula is C13H20N4O2. The summed E-state index contributed by atoms with van der Waals surface area (Å²) in [4.78, 5) is 21.5. The lowest BCUT2D eigenvalue weighted by Crippen LogP contribution is -2.20. The zero-order chi connectivity index (χ0) is 13.8. The van der Waals surface area contributed by atoms with Crippen molar-refractivity contribution in [3.8, 4) is 0 Å². The Hall–Kier alpha value is -1.69. The highest BCUT2D eigenvalue weighted by atomic mass is 16.4. The van der Waals surface area contributed by atoms with E-state index >= 15 is 0 Å². The van der Waals surface area contributed by atoms with Crippen LogP contribution < -0.4 is 5.32 Å². The van der Waals surface area contributed by atoms with E-state index in [1.165, 1.54) is 0 Å². The van der Waals surface area contributed by atoms with Gasteiger partial charge in [0.25, 0.3) is 0 Å². The van der Waals surface area contributed by atoms with E-state index in [2.05, 4.69) is 27.2 Å². The number of likely N-dealkylation sites (tertiary alicyclic amines) is 1. The number of nitrogens with zero attached hydrogens (tertiary/aromatic N) is 3. The van der Waals surface area contributed by atoms with Gasteiger partial charge < -0.3 is 15.3 Å². The monoisotopic (exact) mass is 264 g/mol. The van der Waals surface area contributed by atoms with E-state index in [1.54, 1.807) is 6.92 Å². The van der Waals surface area contributed by atoms with Gasteiger partial charge in [0.05, 0.1) is 5.92 Å². The Kier molecular flexibility index (Phi) is 4.31. The predicted octanol–water partition coefficient (Wildman–Crippen LogP) is 1.03. The molecule has 0 saturated carbocycles. The molecule has 2 rings (SSSR count). The molecule has 2 heterocycles. The second-order valence-corrected chi connectivity index (χ2v) is 5.21. The summed E-state index contributed by atoms with van der Waals surface area (Å²) >= 11 is 0. The van der Waals surface area contributed by atoms with Gasteiger partial charge in [-0.3, -0.25) is 4.79 Å². The normalized spacial score (nSPS) is 21.3. The Morgan fingerprint density at radius 3 is 2.79 bits per heavy atom. The van der Waals surface area contributed by atoms with Crippen molar-refractivity contribution in [1.29, 1.82) is 0 Å². The van der Waals surface area contributed by atoms with E-state index in [9.17, 15) is 4.79 Å². The first-order chi connectivity index (χ1) is 9.06. The number of hydrogen-bond donors (Lipinski definition) is 2. The number of rotatable bonds is 5. The zero-order valence-electron chi connectivity index (χ0n) is 11.3. The first kappa shape index (κ1) is 13.7. The van der Waals surface area contributed by atoms with Crippen LogP contribution in [0.15, 0.2) is 12.4 Å². The maximum absolute atomic E-state index is 10.7. The summed E-state index contributed by atoms with van der Waals surface area (Å²) < 4.78 is 0. The molecule has 1 aliphatic rings. The molecule has 0 aromatic carbocycles. The molecule has 2 atom stereocenters. The van der Waals surface area contributed by atoms with Crippen LogP contribution in [0.25, 0.3) is 0 Å². The number of carbonyl (C=O) groups is 1. The first-order valence-corrected chi connectivity index (χ1v) is 6.53. The topological polar surface area (TPSA) is 78.4 Å². The number of carboxylic acid groups (broad SMARTS) is 1. The molecule has 6 nitrogen and oxygen atoms in total. The van der Waals surface area contributed by atoms with Crippen LogP contribution in [0.1, 0.15) is 24.8 Å². The van der Waals surface area contributed by atoms with Crippen molar-refractivity contribution in [1.82, 2.24) is 14.9 Å². The molecule has 2 unspecified atom stereocenters. The molecule has 6 heteroatoms. The maximum Gasteiger partial charge on any atom is 0.308 e. The van der Waals surface area contributed by atoms with Crippen LogP contribution in [-0.2, 0) is 4.79 Å². The number of anilines is 1. The number of aliphatic carboxylic acids is 1. The minimum atomic E-state index is -0.821. The molecule has 0 aliphatic carbocycles. The van der Waals surface area contributed by atoms with Gasteiger partial charge in [-0.15, -0.1) is 0 Å². The molecule has 19 heavy (non-hydrogen) atoms. The van der Waals surface area contributed by atoms with Gasteiger partial charge in [-0.25, -0.2) is 9.97 Å². The Labute approximate surface area is 112 Å². The number of carboxylic acids is 1. The minimum absolute atomic E-state index is 0.334. The van der Waals surface area contributed by atoms with Gasteiger partial charge in [-0.05, 0) is 25.6 Å². The number of hydrogen-bond acceptors (Lipinski definition) is 5. The quantitative estimate of drug-likeness (QED) is 0.827. The zero-order valence-corrected chi connectivity index (χ0v) is 11.3. The van der Waals surface area contributed by atoms with E-state index in [0.717, 1.165) is 25.1 Å². The lowest BCUT2D eigenvalue weighted by molar-refractivity contribution is -0.140. The third-order valence-electron chi connectivity index (χ3n) is 3.52. The van der Waals surface area contributed by atoms with Gasteiger partial charge >= 0.3 is 5.97 Å². The number of aromatic nitrogens is 2. The molecular weight excluding hydrogens is 244 g/mol. The van der Waals surface area contributed by atoms with Crippen LogP contribution >= 0.6 is 0 Å². The third-order valence-corrected chi connectivity index (χ3v) is 3.52. The summed E-state index contributed by atoms with van der Waals surface area (Å²) in [6.07, 6.45) is 4.82. The average molecular weight is 264 g/mol. The molecule has 0 spiro atoms. The van der Waals surface area contributed by atoms with Crippen molar-refractivity contribution in [2.75, 3.05) is 32.0 Å². The van der Waals surface area contributed by atoms with Crippen LogP contribution in [0.3, 0.4) is 0 Å². The van der Waals surface area contributed by atoms with Crippen molar-refractivity contribution in [3.05, 3.63) is 18.0 Å². The average Bonchev–Trinajstić information content (AvgIpc) is 2.83. The largest absolute Gasteiger partial charge is 0.481 e. The van der Waals surface area contributed by atoms with Crippen molar-refractivity contribution < 1.29 is 9.90 Å². The third kappa shape index (κ3) is 3.64. The van der Waals surface area contributed by atoms with Crippen LogP contribution in [-0.4, -0.2) is 52.6 Å². The van der Waals surface area contributed by atoms with Gasteiger partial charge in [0.2, 0.25) is 5.95 Å².